The van der Waals surface area contributed by atoms with Crippen LogP contribution in [0, 0.1) is 0 Å². The van der Waals surface area contributed by atoms with Crippen LogP contribution in [0.15, 0.2) is 72.8 Å². The number of carbonyl (C=O) groups excluding carboxylic acids is 2. The number of hydrogen-bond donors (Lipinski definition) is 2. The van der Waals surface area contributed by atoms with Crippen LogP contribution in [0.5, 0.6) is 0 Å². The van der Waals surface area contributed by atoms with Gasteiger partial charge in [-0.3, -0.25) is 9.59 Å². The Kier molecular flexibility index (Phi) is 5.62. The SMILES string of the molecule is O=C(N[C@H](C(=O)N[C@H]1C=CCCC1)c1ccccc1)c1ccccc1. The van der Waals surface area contributed by atoms with E-state index in [0.29, 0.717) is 5.56 Å². The molecule has 2 aromatic carbocycles. The summed E-state index contributed by atoms with van der Waals surface area (Å²) in [6, 6.07) is 17.6. The third kappa shape index (κ3) is 4.57. The normalized spacial score (nSPS) is 17.5. The first-order valence-electron chi connectivity index (χ1n) is 8.62. The molecule has 2 N–H and O–H groups in total. The van der Waals surface area contributed by atoms with Gasteiger partial charge in [-0.25, -0.2) is 0 Å². The molecule has 0 spiro atoms. The molecule has 2 aromatic rings. The number of allylic oxidation sites excluding steroid dienone is 1. The molecule has 0 aliphatic heterocycles. The van der Waals surface area contributed by atoms with Gasteiger partial charge in [0.1, 0.15) is 6.04 Å². The molecule has 2 amide bonds. The Morgan fingerprint density at radius 3 is 2.28 bits per heavy atom. The highest BCUT2D eigenvalue weighted by Crippen LogP contribution is 2.16. The van der Waals surface area contributed by atoms with Gasteiger partial charge in [-0.05, 0) is 37.0 Å². The Bertz CT molecular complexity index is 741. The van der Waals surface area contributed by atoms with Gasteiger partial charge < -0.3 is 10.6 Å². The van der Waals surface area contributed by atoms with Crippen molar-refractivity contribution in [3.05, 3.63) is 83.9 Å². The molecule has 0 unspecified atom stereocenters. The maximum absolute atomic E-state index is 12.8. The maximum atomic E-state index is 12.8. The lowest BCUT2D eigenvalue weighted by Crippen LogP contribution is -2.44. The number of rotatable bonds is 5. The van der Waals surface area contributed by atoms with Crippen molar-refractivity contribution in [2.45, 2.75) is 31.3 Å². The average molecular weight is 334 g/mol. The zero-order chi connectivity index (χ0) is 17.5. The van der Waals surface area contributed by atoms with E-state index >= 15 is 0 Å². The van der Waals surface area contributed by atoms with E-state index in [2.05, 4.69) is 16.7 Å². The van der Waals surface area contributed by atoms with Crippen LogP contribution in [0.4, 0.5) is 0 Å². The summed E-state index contributed by atoms with van der Waals surface area (Å²) in [5.41, 5.74) is 1.30. The molecule has 0 radical (unpaired) electrons. The van der Waals surface area contributed by atoms with Crippen molar-refractivity contribution in [2.75, 3.05) is 0 Å². The second kappa shape index (κ2) is 8.29. The van der Waals surface area contributed by atoms with E-state index in [4.69, 9.17) is 0 Å². The van der Waals surface area contributed by atoms with Crippen molar-refractivity contribution in [3.8, 4) is 0 Å². The van der Waals surface area contributed by atoms with Gasteiger partial charge in [-0.15, -0.1) is 0 Å². The largest absolute Gasteiger partial charge is 0.348 e. The number of amides is 2. The van der Waals surface area contributed by atoms with Gasteiger partial charge in [-0.1, -0.05) is 60.7 Å². The van der Waals surface area contributed by atoms with Gasteiger partial charge in [0.05, 0.1) is 0 Å². The highest BCUT2D eigenvalue weighted by Gasteiger charge is 2.25. The number of hydrogen-bond acceptors (Lipinski definition) is 2. The Labute approximate surface area is 148 Å². The third-order valence-corrected chi connectivity index (χ3v) is 4.29. The number of benzene rings is 2. The Hall–Kier alpha value is -2.88. The van der Waals surface area contributed by atoms with Crippen LogP contribution < -0.4 is 10.6 Å². The molecule has 2 atom stereocenters. The lowest BCUT2D eigenvalue weighted by molar-refractivity contribution is -0.123. The summed E-state index contributed by atoms with van der Waals surface area (Å²) >= 11 is 0. The molecule has 1 aliphatic carbocycles. The summed E-state index contributed by atoms with van der Waals surface area (Å²) in [6.07, 6.45) is 7.17. The van der Waals surface area contributed by atoms with E-state index in [1.54, 1.807) is 24.3 Å². The molecule has 0 saturated carbocycles. The summed E-state index contributed by atoms with van der Waals surface area (Å²) in [7, 11) is 0. The van der Waals surface area contributed by atoms with Crippen LogP contribution in [0.3, 0.4) is 0 Å². The van der Waals surface area contributed by atoms with Crippen molar-refractivity contribution in [3.63, 3.8) is 0 Å². The Morgan fingerprint density at radius 2 is 1.64 bits per heavy atom. The van der Waals surface area contributed by atoms with Crippen molar-refractivity contribution in [1.82, 2.24) is 10.6 Å². The first-order chi connectivity index (χ1) is 12.2. The standard InChI is InChI=1S/C21H22N2O2/c24-20(17-12-6-2-7-13-17)23-19(16-10-4-1-5-11-16)21(25)22-18-14-8-3-9-15-18/h1-2,4-8,10-14,18-19H,3,9,15H2,(H,22,25)(H,23,24)/t18-,19-/m0/s1. The topological polar surface area (TPSA) is 58.2 Å². The first-order valence-corrected chi connectivity index (χ1v) is 8.62. The molecule has 0 bridgehead atoms. The van der Waals surface area contributed by atoms with Crippen molar-refractivity contribution in [2.24, 2.45) is 0 Å². The minimum atomic E-state index is -0.718. The van der Waals surface area contributed by atoms with Crippen LogP contribution in [-0.2, 0) is 4.79 Å². The molecule has 0 saturated heterocycles. The fourth-order valence-electron chi connectivity index (χ4n) is 2.95. The van der Waals surface area contributed by atoms with E-state index in [1.807, 2.05) is 42.5 Å². The predicted molar refractivity (Wildman–Crippen MR) is 98.0 cm³/mol. The summed E-state index contributed by atoms with van der Waals surface area (Å²) < 4.78 is 0. The maximum Gasteiger partial charge on any atom is 0.252 e. The second-order valence-electron chi connectivity index (χ2n) is 6.16. The zero-order valence-corrected chi connectivity index (χ0v) is 14.0. The summed E-state index contributed by atoms with van der Waals surface area (Å²) in [5.74, 6) is -0.448. The molecule has 25 heavy (non-hydrogen) atoms. The molecular formula is C21H22N2O2. The first kappa shape index (κ1) is 17.0. The van der Waals surface area contributed by atoms with E-state index in [0.717, 1.165) is 24.8 Å². The molecule has 4 nitrogen and oxygen atoms in total. The minimum Gasteiger partial charge on any atom is -0.348 e. The van der Waals surface area contributed by atoms with Gasteiger partial charge in [-0.2, -0.15) is 0 Å². The number of nitrogens with one attached hydrogen (secondary N) is 2. The van der Waals surface area contributed by atoms with E-state index in [-0.39, 0.29) is 17.9 Å². The zero-order valence-electron chi connectivity index (χ0n) is 14.0. The fraction of sp³-hybridized carbons (Fsp3) is 0.238. The van der Waals surface area contributed by atoms with E-state index < -0.39 is 6.04 Å². The molecule has 0 heterocycles. The van der Waals surface area contributed by atoms with Crippen molar-refractivity contribution >= 4 is 11.8 Å². The van der Waals surface area contributed by atoms with Crippen LogP contribution in [0.1, 0.15) is 41.2 Å². The quantitative estimate of drug-likeness (QED) is 0.824. The van der Waals surface area contributed by atoms with Gasteiger partial charge in [0, 0.05) is 11.6 Å². The molecule has 4 heteroatoms. The predicted octanol–water partition coefficient (Wildman–Crippen LogP) is 3.38. The van der Waals surface area contributed by atoms with Crippen molar-refractivity contribution < 1.29 is 9.59 Å². The molecule has 3 rings (SSSR count). The molecular weight excluding hydrogens is 312 g/mol. The monoisotopic (exact) mass is 334 g/mol. The average Bonchev–Trinajstić information content (AvgIpc) is 2.68. The van der Waals surface area contributed by atoms with Crippen LogP contribution >= 0.6 is 0 Å². The summed E-state index contributed by atoms with van der Waals surface area (Å²) in [6.45, 7) is 0. The minimum absolute atomic E-state index is 0.0288. The smallest absolute Gasteiger partial charge is 0.252 e. The Balaban J connectivity index is 1.77. The van der Waals surface area contributed by atoms with Crippen LogP contribution in [0.25, 0.3) is 0 Å². The lowest BCUT2D eigenvalue weighted by Gasteiger charge is -2.23. The van der Waals surface area contributed by atoms with Crippen molar-refractivity contribution in [1.29, 1.82) is 0 Å². The van der Waals surface area contributed by atoms with Crippen LogP contribution in [-0.4, -0.2) is 17.9 Å². The van der Waals surface area contributed by atoms with Gasteiger partial charge in [0.25, 0.3) is 5.91 Å². The van der Waals surface area contributed by atoms with Gasteiger partial charge in [0.2, 0.25) is 5.91 Å². The van der Waals surface area contributed by atoms with Gasteiger partial charge >= 0.3 is 0 Å². The highest BCUT2D eigenvalue weighted by molar-refractivity contribution is 5.97. The van der Waals surface area contributed by atoms with E-state index in [1.165, 1.54) is 0 Å². The molecule has 0 fully saturated rings. The highest BCUT2D eigenvalue weighted by atomic mass is 16.2. The second-order valence-corrected chi connectivity index (χ2v) is 6.16. The third-order valence-electron chi connectivity index (χ3n) is 4.29. The molecule has 1 aliphatic rings. The molecule has 128 valence electrons. The fourth-order valence-corrected chi connectivity index (χ4v) is 2.95. The Morgan fingerprint density at radius 1 is 0.960 bits per heavy atom. The number of carbonyl (C=O) groups is 2. The van der Waals surface area contributed by atoms with Crippen LogP contribution in [0.2, 0.25) is 0 Å². The van der Waals surface area contributed by atoms with E-state index in [9.17, 15) is 9.59 Å². The summed E-state index contributed by atoms with van der Waals surface area (Å²) in [4.78, 5) is 25.3. The summed E-state index contributed by atoms with van der Waals surface area (Å²) in [5, 5.41) is 5.90. The lowest BCUT2D eigenvalue weighted by atomic mass is 10.0. The van der Waals surface area contributed by atoms with Gasteiger partial charge in [0.15, 0.2) is 0 Å². The molecule has 0 aromatic heterocycles.